The minimum absolute atomic E-state index is 0.0864. The van der Waals surface area contributed by atoms with Crippen molar-refractivity contribution in [1.82, 2.24) is 45.8 Å². The second kappa shape index (κ2) is 19.5. The number of imide groups is 2. The average molecular weight is 1020 g/mol. The number of aromatic amines is 1. The number of benzene rings is 4. The first-order valence-electron chi connectivity index (χ1n) is 21.5. The highest BCUT2D eigenvalue weighted by Gasteiger charge is 2.49. The van der Waals surface area contributed by atoms with Crippen LogP contribution < -0.4 is 41.3 Å². The molecule has 9 amide bonds. The predicted octanol–water partition coefficient (Wildman–Crippen LogP) is 2.54. The smallest absolute Gasteiger partial charge is 0.347 e. The van der Waals surface area contributed by atoms with Gasteiger partial charge in [0, 0.05) is 34.3 Å². The number of nitrogens with zero attached hydrogens (tertiary/aromatic N) is 6. The van der Waals surface area contributed by atoms with Crippen LogP contribution in [0, 0.1) is 31.1 Å². The van der Waals surface area contributed by atoms with Crippen molar-refractivity contribution in [2.24, 2.45) is 4.99 Å². The molecule has 5 aliphatic heterocycles. The third-order valence-electron chi connectivity index (χ3n) is 11.9. The Balaban J connectivity index is 0.000000159. The van der Waals surface area contributed by atoms with Gasteiger partial charge in [-0.25, -0.2) is 24.0 Å². The minimum Gasteiger partial charge on any atom is -0.497 e. The van der Waals surface area contributed by atoms with Crippen molar-refractivity contribution in [3.63, 3.8) is 0 Å². The Morgan fingerprint density at radius 1 is 0.704 bits per heavy atom. The van der Waals surface area contributed by atoms with Gasteiger partial charge in [0.15, 0.2) is 5.54 Å². The number of halogens is 1. The van der Waals surface area contributed by atoms with Crippen LogP contribution >= 0.6 is 15.9 Å². The Bertz CT molecular complexity index is 3260. The summed E-state index contributed by atoms with van der Waals surface area (Å²) < 4.78 is 12.8. The predicted molar refractivity (Wildman–Crippen MR) is 259 cm³/mol. The highest BCUT2D eigenvalue weighted by molar-refractivity contribution is 9.10. The van der Waals surface area contributed by atoms with Crippen LogP contribution in [0.15, 0.2) is 99.2 Å². The van der Waals surface area contributed by atoms with Gasteiger partial charge >= 0.3 is 17.8 Å². The first-order chi connectivity index (χ1) is 34.0. The van der Waals surface area contributed by atoms with Crippen LogP contribution in [0.5, 0.6) is 11.5 Å². The number of H-pyrrole nitrogens is 1. The molecule has 2 saturated heterocycles. The van der Waals surface area contributed by atoms with E-state index in [1.807, 2.05) is 24.3 Å². The van der Waals surface area contributed by atoms with Crippen molar-refractivity contribution >= 4 is 69.1 Å². The van der Waals surface area contributed by atoms with E-state index >= 15 is 0 Å². The Kier molecular flexibility index (Phi) is 13.3. The van der Waals surface area contributed by atoms with Gasteiger partial charge in [-0.1, -0.05) is 45.8 Å². The summed E-state index contributed by atoms with van der Waals surface area (Å²) in [6.45, 7) is 4.06. The zero-order valence-electron chi connectivity index (χ0n) is 38.3. The number of aromatic nitrogens is 3. The molecule has 21 nitrogen and oxygen atoms in total. The van der Waals surface area contributed by atoms with Crippen molar-refractivity contribution in [1.29, 1.82) is 0 Å². The van der Waals surface area contributed by atoms with E-state index in [2.05, 4.69) is 70.1 Å². The number of aryl methyl sites for hydroxylation is 1. The molecule has 0 spiro atoms. The van der Waals surface area contributed by atoms with Gasteiger partial charge in [0.2, 0.25) is 5.54 Å². The second-order valence-electron chi connectivity index (χ2n) is 16.4. The van der Waals surface area contributed by atoms with E-state index in [-0.39, 0.29) is 49.6 Å². The van der Waals surface area contributed by atoms with Gasteiger partial charge < -0.3 is 29.9 Å². The van der Waals surface area contributed by atoms with Gasteiger partial charge in [0.25, 0.3) is 29.5 Å². The first-order valence-corrected chi connectivity index (χ1v) is 22.3. The summed E-state index contributed by atoms with van der Waals surface area (Å²) in [6.07, 6.45) is 5.41. The SMILES string of the molecule is C#C[C@]1(CN2Cc3ccc(OC)cc3C2=O)NC(=O)NC1=O.COc1ccc2c(c1)C(=O)N(C[C@@]1(C#Cc3ccc(N4C(=O)CN=C4C)cc3)NC(=O)NC1=O)C2.Cc1n[nH]c(=O)n1-c1ccc(Br)cc1. The number of terminal acetylenes is 1. The molecule has 4 aromatic carbocycles. The summed E-state index contributed by atoms with van der Waals surface area (Å²) in [4.78, 5) is 105. The topological polar surface area (TPSA) is 259 Å². The minimum atomic E-state index is -1.61. The number of hydrogen-bond acceptors (Lipinski definition) is 12. The highest BCUT2D eigenvalue weighted by Crippen LogP contribution is 2.30. The number of urea groups is 2. The van der Waals surface area contributed by atoms with Crippen LogP contribution in [0.2, 0.25) is 0 Å². The lowest BCUT2D eigenvalue weighted by molar-refractivity contribution is -0.123. The van der Waals surface area contributed by atoms with Crippen LogP contribution in [0.25, 0.3) is 5.69 Å². The molecule has 5 aromatic rings. The molecule has 22 heteroatoms. The summed E-state index contributed by atoms with van der Waals surface area (Å²) in [7, 11) is 3.04. The molecule has 0 radical (unpaired) electrons. The molecule has 0 aliphatic carbocycles. The fraction of sp³-hybridized carbons (Fsp3) is 0.224. The number of carbonyl (C=O) groups is 7. The molecule has 71 heavy (non-hydrogen) atoms. The van der Waals surface area contributed by atoms with E-state index in [0.29, 0.717) is 52.1 Å². The number of fused-ring (bicyclic) bond motifs is 2. The molecule has 6 heterocycles. The number of nitrogens with one attached hydrogen (secondary N) is 5. The number of hydrogen-bond donors (Lipinski definition) is 5. The number of amidine groups is 1. The summed E-state index contributed by atoms with van der Waals surface area (Å²) >= 11 is 3.33. The molecule has 360 valence electrons. The van der Waals surface area contributed by atoms with Crippen molar-refractivity contribution in [3.8, 4) is 41.4 Å². The van der Waals surface area contributed by atoms with Gasteiger partial charge in [-0.05, 0) is 97.8 Å². The lowest BCUT2D eigenvalue weighted by atomic mass is 9.99. The summed E-state index contributed by atoms with van der Waals surface area (Å²) in [6, 6.07) is 23.5. The van der Waals surface area contributed by atoms with Crippen molar-refractivity contribution < 1.29 is 43.0 Å². The molecule has 5 aliphatic rings. The molecular weight excluding hydrogens is 983 g/mol. The number of amides is 9. The largest absolute Gasteiger partial charge is 0.497 e. The van der Waals surface area contributed by atoms with Gasteiger partial charge in [0.1, 0.15) is 29.7 Å². The molecule has 1 aromatic heterocycles. The fourth-order valence-corrected chi connectivity index (χ4v) is 8.49. The molecule has 2 fully saturated rings. The van der Waals surface area contributed by atoms with Crippen LogP contribution in [-0.4, -0.2) is 117 Å². The fourth-order valence-electron chi connectivity index (χ4n) is 8.22. The molecule has 5 N–H and O–H groups in total. The number of ether oxygens (including phenoxy) is 2. The quantitative estimate of drug-likeness (QED) is 0.112. The molecule has 0 unspecified atom stereocenters. The second-order valence-corrected chi connectivity index (χ2v) is 17.3. The summed E-state index contributed by atoms with van der Waals surface area (Å²) in [5.41, 5.74) is 1.32. The molecule has 0 bridgehead atoms. The van der Waals surface area contributed by atoms with Crippen LogP contribution in [-0.2, 0) is 27.5 Å². The van der Waals surface area contributed by atoms with E-state index in [9.17, 15) is 38.4 Å². The number of anilines is 1. The van der Waals surface area contributed by atoms with Gasteiger partial charge in [-0.15, -0.1) is 6.42 Å². The highest BCUT2D eigenvalue weighted by atomic mass is 79.9. The third kappa shape index (κ3) is 9.69. The molecular formula is C49H42BrN11O10. The van der Waals surface area contributed by atoms with E-state index < -0.39 is 35.0 Å². The van der Waals surface area contributed by atoms with E-state index in [0.717, 1.165) is 21.3 Å². The standard InChI is InChI=1S/C25H21N5O5.C15H13N3O4.C9H8BrN3O/c1-15-26-12-21(31)30(15)18-6-3-16(4-7-18)9-10-25(23(33)27-24(34)28-25)14-29-13-17-5-8-19(35-2)11-20(17)22(29)32;1-3-15(13(20)16-14(21)17-15)8-18-7-9-4-5-10(22-2)6-11(9)12(18)19;1-6-11-12-9(14)13(6)8-4-2-7(10)3-5-8/h3-8,11H,12-14H2,1-2H3,(H2,27,28,33,34);1,4-6H,7-8H2,2H3,(H2,16,17,20,21);2-5H,1H3,(H,12,14)/t25-;15-;/m11./s1. The first kappa shape index (κ1) is 48.4. The normalized spacial score (nSPS) is 19.4. The maximum absolute atomic E-state index is 13.0. The lowest BCUT2D eigenvalue weighted by Gasteiger charge is -2.26. The number of aliphatic imine (C=N–C) groups is 1. The average Bonchev–Trinajstić information content (AvgIpc) is 4.18. The maximum atomic E-state index is 13.0. The Morgan fingerprint density at radius 3 is 1.68 bits per heavy atom. The van der Waals surface area contributed by atoms with Crippen molar-refractivity contribution in [2.45, 2.75) is 38.0 Å². The zero-order chi connectivity index (χ0) is 50.8. The lowest BCUT2D eigenvalue weighted by Crippen LogP contribution is -2.54. The number of carbonyl (C=O) groups excluding carboxylic acids is 7. The number of rotatable bonds is 8. The summed E-state index contributed by atoms with van der Waals surface area (Å²) in [5, 5.41) is 15.5. The molecule has 10 rings (SSSR count). The monoisotopic (exact) mass is 1020 g/mol. The molecule has 0 saturated carbocycles. The van der Waals surface area contributed by atoms with Crippen LogP contribution in [0.4, 0.5) is 15.3 Å². The van der Waals surface area contributed by atoms with Crippen LogP contribution in [0.3, 0.4) is 0 Å². The van der Waals surface area contributed by atoms with Crippen molar-refractivity contribution in [2.75, 3.05) is 38.8 Å². The third-order valence-corrected chi connectivity index (χ3v) is 12.4. The van der Waals surface area contributed by atoms with E-state index in [1.54, 1.807) is 74.5 Å². The Morgan fingerprint density at radius 2 is 1.23 bits per heavy atom. The number of methoxy groups -OCH3 is 2. The summed E-state index contributed by atoms with van der Waals surface area (Å²) in [5.74, 6) is 8.62. The van der Waals surface area contributed by atoms with Gasteiger partial charge in [-0.3, -0.25) is 44.5 Å². The Labute approximate surface area is 413 Å². The van der Waals surface area contributed by atoms with Gasteiger partial charge in [0.05, 0.1) is 38.7 Å². The van der Waals surface area contributed by atoms with Gasteiger partial charge in [-0.2, -0.15) is 5.10 Å². The maximum Gasteiger partial charge on any atom is 0.347 e. The Hall–Kier alpha value is -9.02. The van der Waals surface area contributed by atoms with Crippen LogP contribution in [0.1, 0.15) is 50.2 Å². The van der Waals surface area contributed by atoms with E-state index in [1.165, 1.54) is 33.5 Å². The molecule has 2 atom stereocenters. The van der Waals surface area contributed by atoms with Crippen molar-refractivity contribution in [3.05, 3.63) is 134 Å². The zero-order valence-corrected chi connectivity index (χ0v) is 39.9. The van der Waals surface area contributed by atoms with E-state index in [4.69, 9.17) is 15.9 Å².